The topological polar surface area (TPSA) is 131 Å². The van der Waals surface area contributed by atoms with Crippen molar-refractivity contribution in [3.8, 4) is 0 Å². The quantitative estimate of drug-likeness (QED) is 0.357. The number of alkyl halides is 3. The van der Waals surface area contributed by atoms with Crippen LogP contribution < -0.4 is 15.3 Å². The first-order valence-corrected chi connectivity index (χ1v) is 15.4. The maximum atomic E-state index is 14.0. The van der Waals surface area contributed by atoms with Crippen LogP contribution in [-0.4, -0.2) is 45.4 Å². The lowest BCUT2D eigenvalue weighted by molar-refractivity contribution is -0.172. The number of carbonyl (C=O) groups is 2. The molecule has 1 aliphatic heterocycles. The van der Waals surface area contributed by atoms with Crippen LogP contribution in [0.5, 0.6) is 0 Å². The van der Waals surface area contributed by atoms with E-state index in [2.05, 4.69) is 14.8 Å². The van der Waals surface area contributed by atoms with Crippen LogP contribution in [-0.2, 0) is 29.3 Å². The molecule has 2 N–H and O–H groups in total. The van der Waals surface area contributed by atoms with Gasteiger partial charge in [-0.1, -0.05) is 31.2 Å². The van der Waals surface area contributed by atoms with Gasteiger partial charge in [-0.15, -0.1) is 0 Å². The molecule has 1 aliphatic carbocycles. The van der Waals surface area contributed by atoms with Gasteiger partial charge in [0.2, 0.25) is 10.0 Å². The number of rotatable bonds is 7. The second-order valence-electron chi connectivity index (χ2n) is 9.94. The average Bonchev–Trinajstić information content (AvgIpc) is 2.85. The molecule has 4 atom stereocenters. The third-order valence-electron chi connectivity index (χ3n) is 7.12. The van der Waals surface area contributed by atoms with Crippen LogP contribution in [0.25, 0.3) is 0 Å². The van der Waals surface area contributed by atoms with Crippen molar-refractivity contribution < 1.29 is 40.3 Å². The molecular formula is C25H27F3N3O6PS. The average molecular weight is 586 g/mol. The predicted molar refractivity (Wildman–Crippen MR) is 141 cm³/mol. The monoisotopic (exact) mass is 585 g/mol. The van der Waals surface area contributed by atoms with Gasteiger partial charge in [0.1, 0.15) is 11.8 Å². The summed E-state index contributed by atoms with van der Waals surface area (Å²) < 4.78 is 88.6. The molecular weight excluding hydrogens is 558 g/mol. The lowest BCUT2D eigenvalue weighted by Crippen LogP contribution is -2.51. The third kappa shape index (κ3) is 5.39. The van der Waals surface area contributed by atoms with Crippen molar-refractivity contribution in [3.05, 3.63) is 53.6 Å². The number of nitrogens with zero attached hydrogens (tertiary/aromatic N) is 1. The van der Waals surface area contributed by atoms with Gasteiger partial charge in [-0.3, -0.25) is 18.9 Å². The zero-order chi connectivity index (χ0) is 29.0. The Bertz CT molecular complexity index is 1540. The Balaban J connectivity index is 1.79. The van der Waals surface area contributed by atoms with E-state index >= 15 is 0 Å². The fourth-order valence-electron chi connectivity index (χ4n) is 4.86. The van der Waals surface area contributed by atoms with Gasteiger partial charge in [0.15, 0.2) is 11.6 Å². The molecule has 2 aliphatic rings. The summed E-state index contributed by atoms with van der Waals surface area (Å²) in [5, 5.41) is 2.88. The summed E-state index contributed by atoms with van der Waals surface area (Å²) in [6, 6.07) is 10.3. The standard InChI is InChI=1S/C25H27F3N3O6PS/c1-14(25(26,27)28)11-12-24(2)17-8-6-5-7-16(17)21(32)20(22(24)33)23-29-18-10-9-15(31-39(4,35)36)13-19(18)38(34,30-23)37-3/h5-10,13-14,20,31H,11-12H2,1-4H3,(H,29,30,34). The molecule has 0 saturated carbocycles. The largest absolute Gasteiger partial charge is 0.391 e. The van der Waals surface area contributed by atoms with Gasteiger partial charge in [0, 0.05) is 18.4 Å². The molecule has 4 unspecified atom stereocenters. The molecule has 14 heteroatoms. The molecule has 39 heavy (non-hydrogen) atoms. The molecule has 0 bridgehead atoms. The van der Waals surface area contributed by atoms with Crippen LogP contribution in [0.1, 0.15) is 42.6 Å². The second kappa shape index (κ2) is 9.87. The van der Waals surface area contributed by atoms with Crippen LogP contribution in [0.15, 0.2) is 47.2 Å². The molecule has 2 aromatic carbocycles. The molecule has 210 valence electrons. The number of amidine groups is 1. The van der Waals surface area contributed by atoms with Crippen LogP contribution in [0.4, 0.5) is 24.5 Å². The second-order valence-corrected chi connectivity index (χ2v) is 13.8. The van der Waals surface area contributed by atoms with Gasteiger partial charge in [-0.05, 0) is 43.5 Å². The highest BCUT2D eigenvalue weighted by atomic mass is 32.2. The number of sulfonamides is 1. The summed E-state index contributed by atoms with van der Waals surface area (Å²) in [4.78, 5) is 27.6. The third-order valence-corrected chi connectivity index (χ3v) is 9.68. The normalized spacial score (nSPS) is 25.7. The number of ketones is 2. The number of nitrogens with one attached hydrogen (secondary N) is 2. The van der Waals surface area contributed by atoms with Crippen molar-refractivity contribution >= 4 is 51.6 Å². The summed E-state index contributed by atoms with van der Waals surface area (Å²) in [7, 11) is -6.62. The van der Waals surface area contributed by atoms with E-state index in [9.17, 15) is 35.7 Å². The summed E-state index contributed by atoms with van der Waals surface area (Å²) in [5.41, 5.74) is -0.692. The molecule has 2 aromatic rings. The number of benzene rings is 2. The lowest BCUT2D eigenvalue weighted by Gasteiger charge is -2.39. The first-order chi connectivity index (χ1) is 18.0. The van der Waals surface area contributed by atoms with Gasteiger partial charge in [-0.25, -0.2) is 8.42 Å². The Morgan fingerprint density at radius 1 is 1.21 bits per heavy atom. The number of hydrogen-bond acceptors (Lipinski definition) is 7. The minimum Gasteiger partial charge on any atom is -0.342 e. The number of carbonyl (C=O) groups excluding carboxylic acids is 2. The van der Waals surface area contributed by atoms with E-state index in [4.69, 9.17) is 4.52 Å². The molecule has 0 saturated heterocycles. The highest BCUT2D eigenvalue weighted by Crippen LogP contribution is 2.53. The zero-order valence-corrected chi connectivity index (χ0v) is 23.2. The molecule has 0 radical (unpaired) electrons. The number of Topliss-reactive ketones (excluding diaryl/α,β-unsaturated/α-hetero) is 2. The van der Waals surface area contributed by atoms with Gasteiger partial charge >= 0.3 is 13.7 Å². The first kappa shape index (κ1) is 29.0. The SMILES string of the molecule is COP1(=O)N=C(C2C(=O)c3ccccc3C(C)(CCC(C)C(F)(F)F)C2=O)Nc2ccc(NS(C)(=O)=O)cc21. The van der Waals surface area contributed by atoms with Crippen LogP contribution >= 0.6 is 7.52 Å². The molecule has 0 amide bonds. The Kier molecular flexibility index (Phi) is 7.33. The number of anilines is 2. The molecule has 0 aromatic heterocycles. The van der Waals surface area contributed by atoms with Crippen molar-refractivity contribution in [2.24, 2.45) is 16.6 Å². The van der Waals surface area contributed by atoms with E-state index in [1.807, 2.05) is 0 Å². The van der Waals surface area contributed by atoms with Gasteiger partial charge in [0.25, 0.3) is 0 Å². The van der Waals surface area contributed by atoms with Crippen molar-refractivity contribution in [1.82, 2.24) is 0 Å². The highest BCUT2D eigenvalue weighted by molar-refractivity contribution is 7.92. The summed E-state index contributed by atoms with van der Waals surface area (Å²) in [5.74, 6) is -4.81. The van der Waals surface area contributed by atoms with Crippen LogP contribution in [0, 0.1) is 11.8 Å². The van der Waals surface area contributed by atoms with E-state index in [-0.39, 0.29) is 40.9 Å². The fraction of sp³-hybridized carbons (Fsp3) is 0.400. The first-order valence-electron chi connectivity index (χ1n) is 11.9. The van der Waals surface area contributed by atoms with Crippen LogP contribution in [0.3, 0.4) is 0 Å². The number of fused-ring (bicyclic) bond motifs is 2. The zero-order valence-electron chi connectivity index (χ0n) is 21.5. The number of halogens is 3. The minimum absolute atomic E-state index is 0.0141. The van der Waals surface area contributed by atoms with Crippen molar-refractivity contribution in [2.75, 3.05) is 23.4 Å². The summed E-state index contributed by atoms with van der Waals surface area (Å²) in [6.07, 6.45) is -4.03. The Labute approximate surface area is 223 Å². The molecule has 0 spiro atoms. The Morgan fingerprint density at radius 3 is 2.49 bits per heavy atom. The summed E-state index contributed by atoms with van der Waals surface area (Å²) >= 11 is 0. The molecule has 4 rings (SSSR count). The van der Waals surface area contributed by atoms with E-state index < -0.39 is 52.5 Å². The van der Waals surface area contributed by atoms with Gasteiger partial charge in [0.05, 0.1) is 28.6 Å². The molecule has 9 nitrogen and oxygen atoms in total. The van der Waals surface area contributed by atoms with Crippen molar-refractivity contribution in [3.63, 3.8) is 0 Å². The highest BCUT2D eigenvalue weighted by Gasteiger charge is 2.52. The van der Waals surface area contributed by atoms with E-state index in [0.29, 0.717) is 5.56 Å². The molecule has 0 fully saturated rings. The summed E-state index contributed by atoms with van der Waals surface area (Å²) in [6.45, 7) is 2.55. The fourth-order valence-corrected chi connectivity index (χ4v) is 6.98. The molecule has 1 heterocycles. The Hall–Kier alpha value is -3.02. The minimum atomic E-state index is -4.45. The lowest BCUT2D eigenvalue weighted by atomic mass is 9.63. The van der Waals surface area contributed by atoms with Gasteiger partial charge < -0.3 is 9.84 Å². The maximum Gasteiger partial charge on any atom is 0.391 e. The predicted octanol–water partition coefficient (Wildman–Crippen LogP) is 4.67. The van der Waals surface area contributed by atoms with Gasteiger partial charge in [-0.2, -0.15) is 17.9 Å². The van der Waals surface area contributed by atoms with E-state index in [0.717, 1.165) is 20.3 Å². The van der Waals surface area contributed by atoms with E-state index in [1.54, 1.807) is 18.2 Å². The van der Waals surface area contributed by atoms with Crippen molar-refractivity contribution in [2.45, 2.75) is 38.3 Å². The maximum absolute atomic E-state index is 14.0. The smallest absolute Gasteiger partial charge is 0.342 e. The van der Waals surface area contributed by atoms with E-state index in [1.165, 1.54) is 31.2 Å². The van der Waals surface area contributed by atoms with Crippen LogP contribution in [0.2, 0.25) is 0 Å². The number of hydrogen-bond donors (Lipinski definition) is 2. The van der Waals surface area contributed by atoms with Crippen molar-refractivity contribution in [1.29, 1.82) is 0 Å². The Morgan fingerprint density at radius 2 is 1.87 bits per heavy atom.